The number of aromatic nitrogens is 2. The first-order valence-electron chi connectivity index (χ1n) is 4.01. The van der Waals surface area contributed by atoms with Gasteiger partial charge in [-0.15, -0.1) is 0 Å². The molecule has 0 fully saturated rings. The topological polar surface area (TPSA) is 25.8 Å². The molecule has 2 aromatic heterocycles. The van der Waals surface area contributed by atoms with Crippen molar-refractivity contribution < 1.29 is 0 Å². The molecule has 0 amide bonds. The van der Waals surface area contributed by atoms with Gasteiger partial charge in [0.2, 0.25) is 0 Å². The molecule has 2 aromatic rings. The predicted octanol–water partition coefficient (Wildman–Crippen LogP) is 4.12. The predicted molar refractivity (Wildman–Crippen MR) is 63.5 cm³/mol. The van der Waals surface area contributed by atoms with Crippen LogP contribution >= 0.6 is 34.8 Å². The second-order valence-electron chi connectivity index (χ2n) is 2.44. The van der Waals surface area contributed by atoms with E-state index in [1.165, 1.54) is 12.4 Å². The SMILES string of the molecule is Clc1cncc(Cl)c1Cl.c1ccncc1. The van der Waals surface area contributed by atoms with Crippen molar-refractivity contribution in [2.24, 2.45) is 0 Å². The molecule has 0 spiro atoms. The van der Waals surface area contributed by atoms with E-state index in [0.29, 0.717) is 15.1 Å². The Hall–Kier alpha value is -0.830. The molecule has 0 saturated heterocycles. The Morgan fingerprint density at radius 3 is 1.53 bits per heavy atom. The lowest BCUT2D eigenvalue weighted by molar-refractivity contribution is 1.33. The zero-order valence-electron chi connectivity index (χ0n) is 7.57. The monoisotopic (exact) mass is 260 g/mol. The van der Waals surface area contributed by atoms with Gasteiger partial charge in [-0.3, -0.25) is 9.97 Å². The van der Waals surface area contributed by atoms with Crippen molar-refractivity contribution in [3.8, 4) is 0 Å². The lowest BCUT2D eigenvalue weighted by Crippen LogP contribution is -1.73. The van der Waals surface area contributed by atoms with E-state index in [0.717, 1.165) is 0 Å². The highest BCUT2D eigenvalue weighted by Gasteiger charge is 1.99. The fourth-order valence-corrected chi connectivity index (χ4v) is 1.17. The first-order chi connectivity index (χ1) is 7.22. The summed E-state index contributed by atoms with van der Waals surface area (Å²) in [7, 11) is 0. The van der Waals surface area contributed by atoms with Crippen LogP contribution in [-0.4, -0.2) is 9.97 Å². The van der Waals surface area contributed by atoms with Crippen molar-refractivity contribution in [1.29, 1.82) is 0 Å². The molecule has 5 heteroatoms. The standard InChI is InChI=1S/C5H2Cl3N.C5H5N/c6-3-1-9-2-4(7)5(3)8;1-2-4-6-5-3-1/h1-2H;1-5H. The zero-order chi connectivity index (χ0) is 11.1. The van der Waals surface area contributed by atoms with Crippen molar-refractivity contribution in [1.82, 2.24) is 9.97 Å². The van der Waals surface area contributed by atoms with E-state index in [4.69, 9.17) is 34.8 Å². The van der Waals surface area contributed by atoms with E-state index >= 15 is 0 Å². The second-order valence-corrected chi connectivity index (χ2v) is 3.63. The molecule has 78 valence electrons. The van der Waals surface area contributed by atoms with E-state index in [9.17, 15) is 0 Å². The summed E-state index contributed by atoms with van der Waals surface area (Å²) in [6.45, 7) is 0. The van der Waals surface area contributed by atoms with Crippen LogP contribution in [0, 0.1) is 0 Å². The van der Waals surface area contributed by atoms with Gasteiger partial charge in [-0.2, -0.15) is 0 Å². The fraction of sp³-hybridized carbons (Fsp3) is 0. The second kappa shape index (κ2) is 6.62. The number of pyridine rings is 2. The summed E-state index contributed by atoms with van der Waals surface area (Å²) < 4.78 is 0. The Bertz CT molecular complexity index is 360. The molecule has 0 bridgehead atoms. The van der Waals surface area contributed by atoms with Gasteiger partial charge < -0.3 is 0 Å². The van der Waals surface area contributed by atoms with Gasteiger partial charge >= 0.3 is 0 Å². The lowest BCUT2D eigenvalue weighted by atomic mass is 10.5. The molecule has 2 heterocycles. The van der Waals surface area contributed by atoms with Crippen LogP contribution in [0.1, 0.15) is 0 Å². The molecule has 0 radical (unpaired) electrons. The summed E-state index contributed by atoms with van der Waals surface area (Å²) >= 11 is 16.6. The fourth-order valence-electron chi connectivity index (χ4n) is 0.708. The molecule has 15 heavy (non-hydrogen) atoms. The molecule has 2 nitrogen and oxygen atoms in total. The summed E-state index contributed by atoms with van der Waals surface area (Å²) in [6, 6.07) is 5.72. The van der Waals surface area contributed by atoms with Crippen LogP contribution in [0.25, 0.3) is 0 Å². The van der Waals surface area contributed by atoms with Crippen LogP contribution < -0.4 is 0 Å². The Kier molecular flexibility index (Phi) is 5.40. The molecule has 0 atom stereocenters. The van der Waals surface area contributed by atoms with E-state index in [1.807, 2.05) is 18.2 Å². The van der Waals surface area contributed by atoms with E-state index in [-0.39, 0.29) is 0 Å². The third-order valence-corrected chi connectivity index (χ3v) is 2.54. The first kappa shape index (κ1) is 12.2. The van der Waals surface area contributed by atoms with Gasteiger partial charge in [0.15, 0.2) is 0 Å². The highest BCUT2D eigenvalue weighted by Crippen LogP contribution is 2.27. The molecular formula is C10H7Cl3N2. The third kappa shape index (κ3) is 4.47. The van der Waals surface area contributed by atoms with Gasteiger partial charge in [0.1, 0.15) is 0 Å². The van der Waals surface area contributed by atoms with Gasteiger partial charge in [-0.05, 0) is 12.1 Å². The molecule has 0 aliphatic carbocycles. The minimum Gasteiger partial charge on any atom is -0.265 e. The van der Waals surface area contributed by atoms with Crippen LogP contribution in [0.3, 0.4) is 0 Å². The number of nitrogens with zero attached hydrogens (tertiary/aromatic N) is 2. The van der Waals surface area contributed by atoms with Gasteiger partial charge in [0, 0.05) is 24.8 Å². The minimum atomic E-state index is 0.355. The summed E-state index contributed by atoms with van der Waals surface area (Å²) in [5, 5.41) is 1.11. The summed E-state index contributed by atoms with van der Waals surface area (Å²) in [4.78, 5) is 7.48. The Labute approximate surface area is 103 Å². The molecule has 0 N–H and O–H groups in total. The maximum absolute atomic E-state index is 5.57. The van der Waals surface area contributed by atoms with Crippen molar-refractivity contribution in [2.45, 2.75) is 0 Å². The Morgan fingerprint density at radius 2 is 1.27 bits per heavy atom. The molecule has 0 aliphatic heterocycles. The smallest absolute Gasteiger partial charge is 0.0809 e. The molecular weight excluding hydrogens is 254 g/mol. The number of hydrogen-bond donors (Lipinski definition) is 0. The quantitative estimate of drug-likeness (QED) is 0.713. The lowest BCUT2D eigenvalue weighted by Gasteiger charge is -1.93. The maximum atomic E-state index is 5.57. The summed E-state index contributed by atoms with van der Waals surface area (Å²) in [5.41, 5.74) is 0. The van der Waals surface area contributed by atoms with Crippen molar-refractivity contribution in [3.63, 3.8) is 0 Å². The summed E-state index contributed by atoms with van der Waals surface area (Å²) in [5.74, 6) is 0. The van der Waals surface area contributed by atoms with Crippen LogP contribution in [0.2, 0.25) is 15.1 Å². The molecule has 2 rings (SSSR count). The van der Waals surface area contributed by atoms with E-state index in [1.54, 1.807) is 12.4 Å². The highest BCUT2D eigenvalue weighted by molar-refractivity contribution is 6.47. The van der Waals surface area contributed by atoms with E-state index < -0.39 is 0 Å². The normalized spacial score (nSPS) is 9.00. The van der Waals surface area contributed by atoms with E-state index in [2.05, 4.69) is 9.97 Å². The summed E-state index contributed by atoms with van der Waals surface area (Å²) in [6.07, 6.45) is 6.38. The highest BCUT2D eigenvalue weighted by atomic mass is 35.5. The average molecular weight is 262 g/mol. The zero-order valence-corrected chi connectivity index (χ0v) is 9.84. The minimum absolute atomic E-state index is 0.355. The van der Waals surface area contributed by atoms with Gasteiger partial charge in [0.25, 0.3) is 0 Å². The van der Waals surface area contributed by atoms with Crippen LogP contribution in [0.4, 0.5) is 0 Å². The number of halogens is 3. The molecule has 0 unspecified atom stereocenters. The van der Waals surface area contributed by atoms with Gasteiger partial charge in [0.05, 0.1) is 15.1 Å². The maximum Gasteiger partial charge on any atom is 0.0809 e. The van der Waals surface area contributed by atoms with Crippen molar-refractivity contribution in [2.75, 3.05) is 0 Å². The van der Waals surface area contributed by atoms with Crippen LogP contribution in [0.15, 0.2) is 43.0 Å². The Morgan fingerprint density at radius 1 is 0.733 bits per heavy atom. The van der Waals surface area contributed by atoms with Gasteiger partial charge in [-0.25, -0.2) is 0 Å². The van der Waals surface area contributed by atoms with Crippen LogP contribution in [0.5, 0.6) is 0 Å². The average Bonchev–Trinajstić information content (AvgIpc) is 2.29. The van der Waals surface area contributed by atoms with Crippen molar-refractivity contribution >= 4 is 34.8 Å². The molecule has 0 aromatic carbocycles. The van der Waals surface area contributed by atoms with Crippen molar-refractivity contribution in [3.05, 3.63) is 58.1 Å². The molecule has 0 saturated carbocycles. The third-order valence-electron chi connectivity index (χ3n) is 1.36. The Balaban J connectivity index is 0.000000162. The van der Waals surface area contributed by atoms with Crippen LogP contribution in [-0.2, 0) is 0 Å². The number of rotatable bonds is 0. The number of hydrogen-bond acceptors (Lipinski definition) is 2. The first-order valence-corrected chi connectivity index (χ1v) is 5.14. The largest absolute Gasteiger partial charge is 0.265 e. The van der Waals surface area contributed by atoms with Gasteiger partial charge in [-0.1, -0.05) is 40.9 Å². The molecule has 0 aliphatic rings.